The van der Waals surface area contributed by atoms with E-state index in [0.29, 0.717) is 24.8 Å². The van der Waals surface area contributed by atoms with Gasteiger partial charge in [0.15, 0.2) is 5.82 Å². The number of hydrogen-bond acceptors (Lipinski definition) is 6. The van der Waals surface area contributed by atoms with Gasteiger partial charge in [0, 0.05) is 49.3 Å². The molecule has 1 fully saturated rings. The number of carbonyl (C=O) groups excluding carboxylic acids is 1. The molecule has 0 radical (unpaired) electrons. The second kappa shape index (κ2) is 7.77. The van der Waals surface area contributed by atoms with E-state index in [-0.39, 0.29) is 23.3 Å². The van der Waals surface area contributed by atoms with Gasteiger partial charge in [-0.15, -0.1) is 0 Å². The van der Waals surface area contributed by atoms with Crippen LogP contribution in [0.5, 0.6) is 0 Å². The number of nitrogens with zero attached hydrogens (tertiary/aromatic N) is 4. The number of benzene rings is 1. The minimum atomic E-state index is -0.499. The molecule has 4 heterocycles. The molecule has 0 unspecified atom stereocenters. The normalized spacial score (nSPS) is 22.7. The first kappa shape index (κ1) is 19.7. The highest BCUT2D eigenvalue weighted by atomic mass is 16.5. The van der Waals surface area contributed by atoms with Crippen molar-refractivity contribution in [2.45, 2.75) is 31.8 Å². The van der Waals surface area contributed by atoms with Crippen LogP contribution in [0.3, 0.4) is 0 Å². The van der Waals surface area contributed by atoms with Crippen LogP contribution in [0.4, 0.5) is 0 Å². The second-order valence-electron chi connectivity index (χ2n) is 8.49. The third-order valence-corrected chi connectivity index (χ3v) is 6.37. The first-order chi connectivity index (χ1) is 15.0. The molecule has 2 bridgehead atoms. The minimum absolute atomic E-state index is 0.0507. The Bertz CT molecular complexity index is 1170. The van der Waals surface area contributed by atoms with Gasteiger partial charge in [0.25, 0.3) is 11.4 Å². The van der Waals surface area contributed by atoms with E-state index in [1.54, 1.807) is 17.7 Å². The smallest absolute Gasteiger partial charge is 0.257 e. The van der Waals surface area contributed by atoms with Crippen LogP contribution in [0.25, 0.3) is 11.5 Å². The summed E-state index contributed by atoms with van der Waals surface area (Å²) in [6.45, 7) is 4.06. The van der Waals surface area contributed by atoms with E-state index >= 15 is 0 Å². The Labute approximate surface area is 179 Å². The Hall–Kier alpha value is -3.26. The Morgan fingerprint density at radius 2 is 2.00 bits per heavy atom. The number of nitrogens with one attached hydrogen (secondary N) is 1. The summed E-state index contributed by atoms with van der Waals surface area (Å²) in [4.78, 5) is 32.1. The molecule has 0 spiro atoms. The number of rotatable bonds is 4. The number of hydrogen-bond donors (Lipinski definition) is 1. The van der Waals surface area contributed by atoms with E-state index in [1.807, 2.05) is 37.3 Å². The third-order valence-electron chi connectivity index (χ3n) is 6.37. The third kappa shape index (κ3) is 3.57. The number of carbonyl (C=O) groups is 1. The van der Waals surface area contributed by atoms with Crippen molar-refractivity contribution < 1.29 is 9.32 Å². The Kier molecular flexibility index (Phi) is 4.94. The van der Waals surface area contributed by atoms with Crippen molar-refractivity contribution >= 4 is 5.91 Å². The van der Waals surface area contributed by atoms with E-state index < -0.39 is 6.04 Å². The highest BCUT2D eigenvalue weighted by molar-refractivity contribution is 5.80. The van der Waals surface area contributed by atoms with Gasteiger partial charge in [-0.1, -0.05) is 28.9 Å². The van der Waals surface area contributed by atoms with Crippen LogP contribution >= 0.6 is 0 Å². The van der Waals surface area contributed by atoms with Crippen LogP contribution in [-0.4, -0.2) is 45.7 Å². The number of aryl methyl sites for hydroxylation is 1. The van der Waals surface area contributed by atoms with Crippen LogP contribution in [0.1, 0.15) is 35.5 Å². The van der Waals surface area contributed by atoms with E-state index in [0.717, 1.165) is 24.2 Å². The van der Waals surface area contributed by atoms with Gasteiger partial charge in [0.2, 0.25) is 5.91 Å². The number of amides is 1. The van der Waals surface area contributed by atoms with Crippen LogP contribution < -0.4 is 10.9 Å². The molecule has 0 saturated carbocycles. The standard InChI is InChI=1S/C23H25N5O3/c1-14-6-8-15(9-7-14)23-25-19(26-31-23)13-27-11-16-10-17(12-27)21(22(30)24-2)28-18(16)4-3-5-20(28)29/h3-9,16-17,21H,10-13H2,1-2H3,(H,24,30)/t16-,17+,21-/m1/s1. The van der Waals surface area contributed by atoms with Crippen molar-refractivity contribution in [1.82, 2.24) is 24.9 Å². The average molecular weight is 419 g/mol. The first-order valence-corrected chi connectivity index (χ1v) is 10.6. The fourth-order valence-electron chi connectivity index (χ4n) is 4.97. The SMILES string of the molecule is CNC(=O)[C@H]1[C@H]2C[C@H](CN(Cc3noc(-c4ccc(C)cc4)n3)C2)c2cccc(=O)n21. The molecule has 8 nitrogen and oxygen atoms in total. The molecule has 1 amide bonds. The first-order valence-electron chi connectivity index (χ1n) is 10.6. The molecule has 2 aliphatic rings. The Morgan fingerprint density at radius 1 is 1.19 bits per heavy atom. The van der Waals surface area contributed by atoms with Gasteiger partial charge in [0.05, 0.1) is 6.54 Å². The summed E-state index contributed by atoms with van der Waals surface area (Å²) < 4.78 is 7.17. The van der Waals surface area contributed by atoms with Gasteiger partial charge in [-0.05, 0) is 31.5 Å². The number of likely N-dealkylation sites (N-methyl/N-ethyl adjacent to an activating group) is 1. The summed E-state index contributed by atoms with van der Waals surface area (Å²) in [5.41, 5.74) is 2.88. The van der Waals surface area contributed by atoms with Crippen LogP contribution in [0.15, 0.2) is 51.8 Å². The van der Waals surface area contributed by atoms with E-state index in [4.69, 9.17) is 4.52 Å². The summed E-state index contributed by atoms with van der Waals surface area (Å²) >= 11 is 0. The number of likely N-dealkylation sites (tertiary alicyclic amines) is 1. The van der Waals surface area contributed by atoms with Crippen LogP contribution in [0, 0.1) is 12.8 Å². The minimum Gasteiger partial charge on any atom is -0.357 e. The maximum absolute atomic E-state index is 12.7. The lowest BCUT2D eigenvalue weighted by Gasteiger charge is -2.45. The highest BCUT2D eigenvalue weighted by Crippen LogP contribution is 2.41. The predicted molar refractivity (Wildman–Crippen MR) is 114 cm³/mol. The van der Waals surface area contributed by atoms with E-state index in [9.17, 15) is 9.59 Å². The zero-order chi connectivity index (χ0) is 21.5. The molecule has 5 rings (SSSR count). The maximum Gasteiger partial charge on any atom is 0.257 e. The van der Waals surface area contributed by atoms with Crippen molar-refractivity contribution in [3.63, 3.8) is 0 Å². The summed E-state index contributed by atoms with van der Waals surface area (Å²) in [6, 6.07) is 12.8. The molecule has 8 heteroatoms. The topological polar surface area (TPSA) is 93.3 Å². The lowest BCUT2D eigenvalue weighted by Crippen LogP contribution is -2.52. The zero-order valence-corrected chi connectivity index (χ0v) is 17.6. The number of piperidine rings is 1. The molecular weight excluding hydrogens is 394 g/mol. The molecule has 3 aromatic rings. The zero-order valence-electron chi connectivity index (χ0n) is 17.6. The fraction of sp³-hybridized carbons (Fsp3) is 0.391. The summed E-state index contributed by atoms with van der Waals surface area (Å²) in [6.07, 6.45) is 0.888. The van der Waals surface area contributed by atoms with Gasteiger partial charge in [-0.3, -0.25) is 19.1 Å². The molecule has 2 aromatic heterocycles. The van der Waals surface area contributed by atoms with Gasteiger partial charge in [0.1, 0.15) is 6.04 Å². The number of pyridine rings is 1. The molecule has 2 aliphatic heterocycles. The second-order valence-corrected chi connectivity index (χ2v) is 8.49. The molecule has 1 aromatic carbocycles. The summed E-state index contributed by atoms with van der Waals surface area (Å²) in [5.74, 6) is 1.25. The average Bonchev–Trinajstić information content (AvgIpc) is 3.23. The van der Waals surface area contributed by atoms with Crippen molar-refractivity contribution in [2.24, 2.45) is 5.92 Å². The van der Waals surface area contributed by atoms with Crippen molar-refractivity contribution in [3.05, 3.63) is 69.9 Å². The largest absolute Gasteiger partial charge is 0.357 e. The lowest BCUT2D eigenvalue weighted by atomic mass is 9.78. The summed E-state index contributed by atoms with van der Waals surface area (Å²) in [7, 11) is 1.62. The molecule has 3 atom stereocenters. The molecular formula is C23H25N5O3. The van der Waals surface area contributed by atoms with Gasteiger partial charge in [-0.25, -0.2) is 0 Å². The Morgan fingerprint density at radius 3 is 2.77 bits per heavy atom. The lowest BCUT2D eigenvalue weighted by molar-refractivity contribution is -0.127. The van der Waals surface area contributed by atoms with Crippen LogP contribution in [0.2, 0.25) is 0 Å². The van der Waals surface area contributed by atoms with Gasteiger partial charge < -0.3 is 9.84 Å². The molecule has 1 N–H and O–H groups in total. The molecule has 160 valence electrons. The van der Waals surface area contributed by atoms with Crippen molar-refractivity contribution in [1.29, 1.82) is 0 Å². The van der Waals surface area contributed by atoms with Crippen molar-refractivity contribution in [3.8, 4) is 11.5 Å². The van der Waals surface area contributed by atoms with E-state index in [1.165, 1.54) is 11.6 Å². The monoisotopic (exact) mass is 419 g/mol. The highest BCUT2D eigenvalue weighted by Gasteiger charge is 2.43. The van der Waals surface area contributed by atoms with E-state index in [2.05, 4.69) is 20.4 Å². The maximum atomic E-state index is 12.7. The quantitative estimate of drug-likeness (QED) is 0.696. The van der Waals surface area contributed by atoms with Gasteiger partial charge >= 0.3 is 0 Å². The molecule has 31 heavy (non-hydrogen) atoms. The summed E-state index contributed by atoms with van der Waals surface area (Å²) in [5, 5.41) is 6.91. The van der Waals surface area contributed by atoms with Gasteiger partial charge in [-0.2, -0.15) is 4.98 Å². The van der Waals surface area contributed by atoms with Crippen molar-refractivity contribution in [2.75, 3.05) is 20.1 Å². The molecule has 0 aliphatic carbocycles. The van der Waals surface area contributed by atoms with Crippen LogP contribution in [-0.2, 0) is 11.3 Å². The number of aromatic nitrogens is 3. The predicted octanol–water partition coefficient (Wildman–Crippen LogP) is 2.11. The fourth-order valence-corrected chi connectivity index (χ4v) is 4.97. The molecule has 1 saturated heterocycles. The number of fused-ring (bicyclic) bond motifs is 4. The Balaban J connectivity index is 1.40.